The molecule has 2 rings (SSSR count). The molecule has 3 nitrogen and oxygen atoms in total. The average Bonchev–Trinajstić information content (AvgIpc) is 2.58. The fourth-order valence-corrected chi connectivity index (χ4v) is 2.85. The number of aryl methyl sites for hydroxylation is 2. The molecular formula is C20H27NO2. The third-order valence-electron chi connectivity index (χ3n) is 4.45. The minimum absolute atomic E-state index is 0.233. The second kappa shape index (κ2) is 8.02. The van der Waals surface area contributed by atoms with Gasteiger partial charge in [0.2, 0.25) is 0 Å². The summed E-state index contributed by atoms with van der Waals surface area (Å²) in [6, 6.07) is 12.3. The second-order valence-electron chi connectivity index (χ2n) is 5.97. The maximum atomic E-state index is 6.08. The normalized spacial score (nSPS) is 12.0. The molecule has 2 aromatic rings. The summed E-state index contributed by atoms with van der Waals surface area (Å²) in [7, 11) is 1.70. The van der Waals surface area contributed by atoms with Gasteiger partial charge in [0.15, 0.2) is 0 Å². The van der Waals surface area contributed by atoms with Crippen LogP contribution in [-0.2, 0) is 0 Å². The Bertz CT molecular complexity index is 652. The molecule has 2 aromatic carbocycles. The van der Waals surface area contributed by atoms with Gasteiger partial charge < -0.3 is 15.2 Å². The Morgan fingerprint density at radius 2 is 1.70 bits per heavy atom. The fourth-order valence-electron chi connectivity index (χ4n) is 2.85. The third kappa shape index (κ3) is 4.05. The smallest absolute Gasteiger partial charge is 0.125 e. The Kier molecular flexibility index (Phi) is 6.05. The molecule has 0 aromatic heterocycles. The third-order valence-corrected chi connectivity index (χ3v) is 4.45. The van der Waals surface area contributed by atoms with E-state index in [1.54, 1.807) is 7.11 Å². The molecule has 0 fully saturated rings. The van der Waals surface area contributed by atoms with Gasteiger partial charge in [0.1, 0.15) is 11.5 Å². The van der Waals surface area contributed by atoms with Crippen LogP contribution in [0.2, 0.25) is 0 Å². The molecular weight excluding hydrogens is 286 g/mol. The molecule has 0 aliphatic heterocycles. The summed E-state index contributed by atoms with van der Waals surface area (Å²) in [6.07, 6.45) is 0.865. The first-order valence-electron chi connectivity index (χ1n) is 8.11. The Hall–Kier alpha value is -2.00. The molecule has 0 spiro atoms. The van der Waals surface area contributed by atoms with Crippen LogP contribution in [0.5, 0.6) is 11.5 Å². The lowest BCUT2D eigenvalue weighted by atomic mass is 9.95. The standard InChI is InChI=1S/C20H27NO2/c1-14-9-10-15(2)20(16(14)3)23-12-11-17(13-21)18-7-5-6-8-19(18)22-4/h5-10,17H,11-13,21H2,1-4H3. The van der Waals surface area contributed by atoms with Crippen LogP contribution in [0, 0.1) is 20.8 Å². The molecule has 0 heterocycles. The van der Waals surface area contributed by atoms with Gasteiger partial charge >= 0.3 is 0 Å². The lowest BCUT2D eigenvalue weighted by Gasteiger charge is -2.20. The van der Waals surface area contributed by atoms with Crippen molar-refractivity contribution in [3.63, 3.8) is 0 Å². The molecule has 124 valence electrons. The SMILES string of the molecule is COc1ccccc1C(CN)CCOc1c(C)ccc(C)c1C. The summed E-state index contributed by atoms with van der Waals surface area (Å²) in [5.74, 6) is 2.13. The van der Waals surface area contributed by atoms with Crippen molar-refractivity contribution in [3.05, 3.63) is 58.7 Å². The number of para-hydroxylation sites is 1. The van der Waals surface area contributed by atoms with E-state index in [1.807, 2.05) is 18.2 Å². The summed E-state index contributed by atoms with van der Waals surface area (Å²) in [5, 5.41) is 0. The topological polar surface area (TPSA) is 44.5 Å². The van der Waals surface area contributed by atoms with Crippen LogP contribution in [0.15, 0.2) is 36.4 Å². The van der Waals surface area contributed by atoms with Crippen LogP contribution in [0.1, 0.15) is 34.6 Å². The molecule has 0 aliphatic rings. The van der Waals surface area contributed by atoms with Gasteiger partial charge in [-0.15, -0.1) is 0 Å². The molecule has 0 saturated heterocycles. The minimum Gasteiger partial charge on any atom is -0.496 e. The van der Waals surface area contributed by atoms with E-state index in [-0.39, 0.29) is 5.92 Å². The van der Waals surface area contributed by atoms with Gasteiger partial charge in [0.25, 0.3) is 0 Å². The first-order valence-corrected chi connectivity index (χ1v) is 8.11. The predicted octanol–water partition coefficient (Wildman–Crippen LogP) is 4.13. The van der Waals surface area contributed by atoms with E-state index in [4.69, 9.17) is 15.2 Å². The summed E-state index contributed by atoms with van der Waals surface area (Å²) in [5.41, 5.74) is 10.8. The fraction of sp³-hybridized carbons (Fsp3) is 0.400. The molecule has 0 amide bonds. The van der Waals surface area contributed by atoms with E-state index < -0.39 is 0 Å². The highest BCUT2D eigenvalue weighted by Crippen LogP contribution is 2.30. The van der Waals surface area contributed by atoms with Crippen LogP contribution in [0.4, 0.5) is 0 Å². The van der Waals surface area contributed by atoms with Crippen LogP contribution in [-0.4, -0.2) is 20.3 Å². The van der Waals surface area contributed by atoms with Crippen LogP contribution in [0.3, 0.4) is 0 Å². The van der Waals surface area contributed by atoms with Crippen molar-refractivity contribution in [1.29, 1.82) is 0 Å². The molecule has 1 atom stereocenters. The summed E-state index contributed by atoms with van der Waals surface area (Å²) in [6.45, 7) is 7.53. The lowest BCUT2D eigenvalue weighted by molar-refractivity contribution is 0.292. The van der Waals surface area contributed by atoms with Gasteiger partial charge in [-0.25, -0.2) is 0 Å². The van der Waals surface area contributed by atoms with E-state index in [1.165, 1.54) is 16.7 Å². The first-order chi connectivity index (χ1) is 11.1. The Morgan fingerprint density at radius 1 is 1.00 bits per heavy atom. The van der Waals surface area contributed by atoms with Gasteiger partial charge in [-0.1, -0.05) is 30.3 Å². The largest absolute Gasteiger partial charge is 0.496 e. The van der Waals surface area contributed by atoms with Gasteiger partial charge in [0.05, 0.1) is 13.7 Å². The molecule has 2 N–H and O–H groups in total. The number of nitrogens with two attached hydrogens (primary N) is 1. The number of hydrogen-bond acceptors (Lipinski definition) is 3. The number of ether oxygens (including phenoxy) is 2. The van der Waals surface area contributed by atoms with Crippen molar-refractivity contribution in [2.24, 2.45) is 5.73 Å². The number of methoxy groups -OCH3 is 1. The van der Waals surface area contributed by atoms with Crippen LogP contribution in [0.25, 0.3) is 0 Å². The van der Waals surface area contributed by atoms with E-state index >= 15 is 0 Å². The summed E-state index contributed by atoms with van der Waals surface area (Å²) >= 11 is 0. The summed E-state index contributed by atoms with van der Waals surface area (Å²) < 4.78 is 11.5. The molecule has 3 heteroatoms. The quantitative estimate of drug-likeness (QED) is 0.836. The van der Waals surface area contributed by atoms with Crippen molar-refractivity contribution in [2.75, 3.05) is 20.3 Å². The van der Waals surface area contributed by atoms with Crippen LogP contribution < -0.4 is 15.2 Å². The van der Waals surface area contributed by atoms with Crippen molar-refractivity contribution in [2.45, 2.75) is 33.1 Å². The zero-order valence-corrected chi connectivity index (χ0v) is 14.6. The summed E-state index contributed by atoms with van der Waals surface area (Å²) in [4.78, 5) is 0. The van der Waals surface area contributed by atoms with Crippen molar-refractivity contribution in [1.82, 2.24) is 0 Å². The van der Waals surface area contributed by atoms with Gasteiger partial charge in [0, 0.05) is 5.92 Å². The Balaban J connectivity index is 2.06. The second-order valence-corrected chi connectivity index (χ2v) is 5.97. The predicted molar refractivity (Wildman–Crippen MR) is 95.6 cm³/mol. The molecule has 1 unspecified atom stereocenters. The van der Waals surface area contributed by atoms with E-state index in [0.717, 1.165) is 23.5 Å². The van der Waals surface area contributed by atoms with Gasteiger partial charge in [-0.3, -0.25) is 0 Å². The molecule has 0 radical (unpaired) electrons. The number of benzene rings is 2. The maximum Gasteiger partial charge on any atom is 0.125 e. The van der Waals surface area contributed by atoms with Crippen molar-refractivity contribution >= 4 is 0 Å². The molecule has 0 saturated carbocycles. The monoisotopic (exact) mass is 313 g/mol. The minimum atomic E-state index is 0.233. The van der Waals surface area contributed by atoms with Crippen molar-refractivity contribution < 1.29 is 9.47 Å². The zero-order chi connectivity index (χ0) is 16.8. The zero-order valence-electron chi connectivity index (χ0n) is 14.6. The Morgan fingerprint density at radius 3 is 2.39 bits per heavy atom. The van der Waals surface area contributed by atoms with Crippen molar-refractivity contribution in [3.8, 4) is 11.5 Å². The van der Waals surface area contributed by atoms with E-state index in [2.05, 4.69) is 39.0 Å². The van der Waals surface area contributed by atoms with Crippen LogP contribution >= 0.6 is 0 Å². The molecule has 0 bridgehead atoms. The average molecular weight is 313 g/mol. The number of hydrogen-bond donors (Lipinski definition) is 1. The van der Waals surface area contributed by atoms with Gasteiger partial charge in [-0.05, 0) is 62.1 Å². The highest BCUT2D eigenvalue weighted by atomic mass is 16.5. The van der Waals surface area contributed by atoms with Gasteiger partial charge in [-0.2, -0.15) is 0 Å². The highest BCUT2D eigenvalue weighted by molar-refractivity contribution is 5.44. The molecule has 0 aliphatic carbocycles. The number of rotatable bonds is 7. The van der Waals surface area contributed by atoms with E-state index in [9.17, 15) is 0 Å². The lowest BCUT2D eigenvalue weighted by Crippen LogP contribution is -2.16. The maximum absolute atomic E-state index is 6.08. The van der Waals surface area contributed by atoms with E-state index in [0.29, 0.717) is 13.2 Å². The first kappa shape index (κ1) is 17.4. The molecule has 23 heavy (non-hydrogen) atoms. The highest BCUT2D eigenvalue weighted by Gasteiger charge is 2.15. The Labute approximate surface area is 139 Å².